The Hall–Kier alpha value is -0.620. The molecule has 112 valence electrons. The second kappa shape index (κ2) is 6.89. The number of rotatable bonds is 2. The highest BCUT2D eigenvalue weighted by Crippen LogP contribution is 2.30. The van der Waals surface area contributed by atoms with Crippen molar-refractivity contribution in [1.29, 1.82) is 0 Å². The zero-order chi connectivity index (χ0) is 13.2. The average molecular weight is 317 g/mol. The second-order valence-electron chi connectivity index (χ2n) is 5.43. The number of hydrogen-bond donors (Lipinski definition) is 1. The molecule has 1 aliphatic carbocycles. The van der Waals surface area contributed by atoms with E-state index in [4.69, 9.17) is 10.5 Å². The fourth-order valence-electron chi connectivity index (χ4n) is 2.99. The molecule has 2 N–H and O–H groups in total. The molecule has 4 nitrogen and oxygen atoms in total. The monoisotopic (exact) mass is 316 g/mol. The van der Waals surface area contributed by atoms with E-state index in [1.807, 2.05) is 11.0 Å². The van der Waals surface area contributed by atoms with Gasteiger partial charge in [0.05, 0.1) is 13.2 Å². The Kier molecular flexibility index (Phi) is 5.43. The van der Waals surface area contributed by atoms with Crippen LogP contribution in [-0.2, 0) is 9.53 Å². The van der Waals surface area contributed by atoms with E-state index in [0.29, 0.717) is 19.7 Å². The third-order valence-electron chi connectivity index (χ3n) is 4.06. The van der Waals surface area contributed by atoms with Crippen LogP contribution in [0.25, 0.3) is 0 Å². The minimum absolute atomic E-state index is 0. The fraction of sp³-hybridized carbons (Fsp3) is 0.643. The highest BCUT2D eigenvalue weighted by Gasteiger charge is 2.33. The number of nitrogens with two attached hydrogens (primary N) is 1. The maximum atomic E-state index is 12.5. The molecule has 1 aliphatic heterocycles. The van der Waals surface area contributed by atoms with Gasteiger partial charge in [0.15, 0.2) is 0 Å². The molecule has 0 radical (unpaired) electrons. The summed E-state index contributed by atoms with van der Waals surface area (Å²) in [5.41, 5.74) is 5.90. The van der Waals surface area contributed by atoms with Gasteiger partial charge in [-0.15, -0.1) is 23.7 Å². The van der Waals surface area contributed by atoms with Crippen LogP contribution in [0.1, 0.15) is 30.2 Å². The number of morpholine rings is 1. The average Bonchev–Trinajstić information content (AvgIpc) is 3.09. The van der Waals surface area contributed by atoms with Gasteiger partial charge in [0, 0.05) is 23.4 Å². The lowest BCUT2D eigenvalue weighted by molar-refractivity contribution is -0.143. The topological polar surface area (TPSA) is 55.6 Å². The molecule has 2 aliphatic rings. The van der Waals surface area contributed by atoms with E-state index in [-0.39, 0.29) is 36.4 Å². The largest absolute Gasteiger partial charge is 0.369 e. The normalized spacial score (nSPS) is 30.1. The summed E-state index contributed by atoms with van der Waals surface area (Å²) in [6, 6.07) is 4.32. The zero-order valence-electron chi connectivity index (χ0n) is 11.4. The molecule has 1 amide bonds. The summed E-state index contributed by atoms with van der Waals surface area (Å²) in [6.07, 6.45) is 2.82. The number of ether oxygens (including phenoxy) is 1. The second-order valence-corrected chi connectivity index (χ2v) is 6.41. The molecule has 0 bridgehead atoms. The molecule has 20 heavy (non-hydrogen) atoms. The Balaban J connectivity index is 0.00000147. The predicted octanol–water partition coefficient (Wildman–Crippen LogP) is 2.20. The Morgan fingerprint density at radius 3 is 2.95 bits per heavy atom. The molecule has 1 saturated carbocycles. The maximum Gasteiger partial charge on any atom is 0.225 e. The Morgan fingerprint density at radius 2 is 2.30 bits per heavy atom. The van der Waals surface area contributed by atoms with Crippen LogP contribution in [0.3, 0.4) is 0 Å². The van der Waals surface area contributed by atoms with Gasteiger partial charge in [0.2, 0.25) is 5.91 Å². The molecule has 1 saturated heterocycles. The Labute approximate surface area is 129 Å². The van der Waals surface area contributed by atoms with Gasteiger partial charge in [-0.3, -0.25) is 4.79 Å². The number of halogens is 1. The first-order valence-corrected chi connectivity index (χ1v) is 7.81. The maximum absolute atomic E-state index is 12.5. The van der Waals surface area contributed by atoms with Crippen LogP contribution in [0.15, 0.2) is 17.5 Å². The van der Waals surface area contributed by atoms with Crippen LogP contribution >= 0.6 is 23.7 Å². The molecule has 2 fully saturated rings. The summed E-state index contributed by atoms with van der Waals surface area (Å²) in [6.45, 7) is 2.03. The highest BCUT2D eigenvalue weighted by atomic mass is 35.5. The summed E-state index contributed by atoms with van der Waals surface area (Å²) < 4.78 is 5.78. The number of carbonyl (C=O) groups is 1. The van der Waals surface area contributed by atoms with Gasteiger partial charge in [0.25, 0.3) is 0 Å². The summed E-state index contributed by atoms with van der Waals surface area (Å²) in [5, 5.41) is 2.05. The van der Waals surface area contributed by atoms with E-state index in [1.165, 1.54) is 4.88 Å². The quantitative estimate of drug-likeness (QED) is 0.910. The van der Waals surface area contributed by atoms with E-state index in [9.17, 15) is 4.79 Å². The number of amides is 1. The third kappa shape index (κ3) is 3.34. The fourth-order valence-corrected chi connectivity index (χ4v) is 3.76. The van der Waals surface area contributed by atoms with Crippen LogP contribution in [0, 0.1) is 5.92 Å². The van der Waals surface area contributed by atoms with Gasteiger partial charge in [-0.05, 0) is 30.7 Å². The molecular weight excluding hydrogens is 296 g/mol. The molecule has 0 aromatic carbocycles. The van der Waals surface area contributed by atoms with Crippen molar-refractivity contribution in [1.82, 2.24) is 4.90 Å². The number of thiophene rings is 1. The first-order chi connectivity index (χ1) is 9.24. The molecule has 3 atom stereocenters. The van der Waals surface area contributed by atoms with Crippen molar-refractivity contribution in [3.05, 3.63) is 22.4 Å². The first-order valence-electron chi connectivity index (χ1n) is 6.93. The molecule has 3 rings (SSSR count). The standard InChI is InChI=1S/C14H20N2O2S.ClH/c15-11-4-3-10(8-11)14(17)16-5-6-18-12(9-16)13-2-1-7-19-13;/h1-2,7,10-12H,3-6,8-9,15H2;1H. The smallest absolute Gasteiger partial charge is 0.225 e. The van der Waals surface area contributed by atoms with Gasteiger partial charge in [-0.2, -0.15) is 0 Å². The van der Waals surface area contributed by atoms with E-state index < -0.39 is 0 Å². The van der Waals surface area contributed by atoms with Crippen molar-refractivity contribution in [2.45, 2.75) is 31.4 Å². The summed E-state index contributed by atoms with van der Waals surface area (Å²) in [5.74, 6) is 0.412. The van der Waals surface area contributed by atoms with E-state index in [1.54, 1.807) is 11.3 Å². The molecule has 1 aromatic rings. The highest BCUT2D eigenvalue weighted by molar-refractivity contribution is 7.10. The van der Waals surface area contributed by atoms with E-state index in [2.05, 4.69) is 11.4 Å². The van der Waals surface area contributed by atoms with Crippen molar-refractivity contribution in [2.24, 2.45) is 11.7 Å². The van der Waals surface area contributed by atoms with Crippen LogP contribution in [0.4, 0.5) is 0 Å². The lowest BCUT2D eigenvalue weighted by Gasteiger charge is -2.34. The molecule has 0 spiro atoms. The van der Waals surface area contributed by atoms with Crippen LogP contribution in [0.5, 0.6) is 0 Å². The minimum atomic E-state index is 0. The van der Waals surface area contributed by atoms with Crippen molar-refractivity contribution >= 4 is 29.7 Å². The van der Waals surface area contributed by atoms with Crippen molar-refractivity contribution in [3.8, 4) is 0 Å². The third-order valence-corrected chi connectivity index (χ3v) is 5.03. The van der Waals surface area contributed by atoms with Gasteiger partial charge in [-0.1, -0.05) is 6.07 Å². The molecular formula is C14H21ClN2O2S. The SMILES string of the molecule is Cl.NC1CCC(C(=O)N2CCOC(c3cccs3)C2)C1. The van der Waals surface area contributed by atoms with Crippen molar-refractivity contribution in [3.63, 3.8) is 0 Å². The van der Waals surface area contributed by atoms with E-state index in [0.717, 1.165) is 19.3 Å². The number of carbonyl (C=O) groups excluding carboxylic acids is 1. The van der Waals surface area contributed by atoms with Crippen LogP contribution in [-0.4, -0.2) is 36.5 Å². The Bertz CT molecular complexity index is 440. The number of hydrogen-bond acceptors (Lipinski definition) is 4. The van der Waals surface area contributed by atoms with Gasteiger partial charge in [-0.25, -0.2) is 0 Å². The summed E-state index contributed by atoms with van der Waals surface area (Å²) in [7, 11) is 0. The minimum Gasteiger partial charge on any atom is -0.369 e. The summed E-state index contributed by atoms with van der Waals surface area (Å²) in [4.78, 5) is 15.7. The number of nitrogens with zero attached hydrogens (tertiary/aromatic N) is 1. The van der Waals surface area contributed by atoms with Gasteiger partial charge < -0.3 is 15.4 Å². The lowest BCUT2D eigenvalue weighted by atomic mass is 10.1. The zero-order valence-corrected chi connectivity index (χ0v) is 13.0. The molecule has 1 aromatic heterocycles. The van der Waals surface area contributed by atoms with Gasteiger partial charge in [0.1, 0.15) is 6.10 Å². The molecule has 2 heterocycles. The molecule has 3 unspecified atom stereocenters. The van der Waals surface area contributed by atoms with Crippen molar-refractivity contribution in [2.75, 3.05) is 19.7 Å². The first kappa shape index (κ1) is 15.8. The van der Waals surface area contributed by atoms with E-state index >= 15 is 0 Å². The van der Waals surface area contributed by atoms with Crippen molar-refractivity contribution < 1.29 is 9.53 Å². The Morgan fingerprint density at radius 1 is 1.45 bits per heavy atom. The van der Waals surface area contributed by atoms with Crippen LogP contribution < -0.4 is 5.73 Å². The molecule has 6 heteroatoms. The lowest BCUT2D eigenvalue weighted by Crippen LogP contribution is -2.44. The predicted molar refractivity (Wildman–Crippen MR) is 82.2 cm³/mol. The van der Waals surface area contributed by atoms with Crippen LogP contribution in [0.2, 0.25) is 0 Å². The van der Waals surface area contributed by atoms with Gasteiger partial charge >= 0.3 is 0 Å². The summed E-state index contributed by atoms with van der Waals surface area (Å²) >= 11 is 1.69.